The van der Waals surface area contributed by atoms with Gasteiger partial charge in [-0.15, -0.1) is 0 Å². The average molecular weight is 180 g/mol. The number of nitrogens with one attached hydrogen (secondary N) is 1. The zero-order chi connectivity index (χ0) is 8.67. The lowest BCUT2D eigenvalue weighted by molar-refractivity contribution is 0.155. The molecule has 0 spiro atoms. The van der Waals surface area contributed by atoms with Crippen LogP contribution in [0.15, 0.2) is 0 Å². The summed E-state index contributed by atoms with van der Waals surface area (Å²) in [5.74, 6) is 3.14. The van der Waals surface area contributed by atoms with E-state index in [-0.39, 0.29) is 0 Å². The van der Waals surface area contributed by atoms with Crippen LogP contribution >= 0.6 is 0 Å². The summed E-state index contributed by atoms with van der Waals surface area (Å²) in [5.41, 5.74) is 0. The maximum Gasteiger partial charge on any atom is 0.00129 e. The van der Waals surface area contributed by atoms with Crippen LogP contribution in [0.25, 0.3) is 0 Å². The lowest BCUT2D eigenvalue weighted by Gasteiger charge is -2.34. The average Bonchev–Trinajstić information content (AvgIpc) is 2.77. The van der Waals surface area contributed by atoms with E-state index in [1.54, 1.807) is 0 Å². The van der Waals surface area contributed by atoms with Gasteiger partial charge in [0.2, 0.25) is 0 Å². The van der Waals surface area contributed by atoms with Crippen LogP contribution in [0.3, 0.4) is 0 Å². The summed E-state index contributed by atoms with van der Waals surface area (Å²) in [6, 6.07) is 0. The van der Waals surface area contributed by atoms with Crippen LogP contribution in [0, 0.1) is 17.8 Å². The molecule has 3 aliphatic rings. The number of hydrogen-bond donors (Lipinski definition) is 1. The van der Waals surface area contributed by atoms with Crippen molar-refractivity contribution >= 4 is 0 Å². The predicted molar refractivity (Wildman–Crippen MR) is 53.6 cm³/mol. The van der Waals surface area contributed by atoms with Crippen LogP contribution in [0.5, 0.6) is 0 Å². The molecular weight excluding hydrogens is 160 g/mol. The maximum atomic E-state index is 3.51. The third-order valence-corrected chi connectivity index (χ3v) is 4.40. The molecule has 0 aliphatic carbocycles. The normalized spacial score (nSPS) is 49.8. The number of rotatable bonds is 1. The van der Waals surface area contributed by atoms with Crippen molar-refractivity contribution in [1.82, 2.24) is 10.2 Å². The molecule has 4 unspecified atom stereocenters. The molecule has 1 N–H and O–H groups in total. The van der Waals surface area contributed by atoms with Gasteiger partial charge in [-0.25, -0.2) is 0 Å². The Morgan fingerprint density at radius 2 is 1.92 bits per heavy atom. The molecule has 0 radical (unpaired) electrons. The highest BCUT2D eigenvalue weighted by Gasteiger charge is 2.38. The predicted octanol–water partition coefficient (Wildman–Crippen LogP) is 0.938. The van der Waals surface area contributed by atoms with E-state index in [0.29, 0.717) is 0 Å². The van der Waals surface area contributed by atoms with Gasteiger partial charge in [0.15, 0.2) is 0 Å². The van der Waals surface area contributed by atoms with E-state index >= 15 is 0 Å². The number of fused-ring (bicyclic) bond motifs is 2. The van der Waals surface area contributed by atoms with Crippen molar-refractivity contribution < 1.29 is 0 Å². The van der Waals surface area contributed by atoms with Crippen molar-refractivity contribution in [2.45, 2.75) is 19.3 Å². The van der Waals surface area contributed by atoms with Crippen LogP contribution in [-0.2, 0) is 0 Å². The number of piperidine rings is 1. The van der Waals surface area contributed by atoms with Crippen LogP contribution in [0.2, 0.25) is 0 Å². The molecule has 74 valence electrons. The minimum Gasteiger partial charge on any atom is -0.316 e. The summed E-state index contributed by atoms with van der Waals surface area (Å²) in [7, 11) is 0. The first-order chi connectivity index (χ1) is 6.43. The summed E-state index contributed by atoms with van der Waals surface area (Å²) >= 11 is 0. The SMILES string of the molecule is C1CC(C2CCN3CCC2C3)CN1. The highest BCUT2D eigenvalue weighted by molar-refractivity contribution is 4.91. The fourth-order valence-electron chi connectivity index (χ4n) is 3.65. The molecule has 3 fully saturated rings. The van der Waals surface area contributed by atoms with Crippen LogP contribution in [-0.4, -0.2) is 37.6 Å². The fourth-order valence-corrected chi connectivity index (χ4v) is 3.65. The van der Waals surface area contributed by atoms with E-state index < -0.39 is 0 Å². The minimum atomic E-state index is 1.02. The van der Waals surface area contributed by atoms with Crippen LogP contribution in [0.4, 0.5) is 0 Å². The molecule has 0 aromatic carbocycles. The second-order valence-corrected chi connectivity index (χ2v) is 5.05. The molecule has 3 heterocycles. The molecule has 2 heteroatoms. The molecule has 2 nitrogen and oxygen atoms in total. The van der Waals surface area contributed by atoms with Crippen molar-refractivity contribution in [3.63, 3.8) is 0 Å². The van der Waals surface area contributed by atoms with Crippen LogP contribution < -0.4 is 5.32 Å². The van der Waals surface area contributed by atoms with E-state index in [2.05, 4.69) is 10.2 Å². The molecule has 0 amide bonds. The van der Waals surface area contributed by atoms with Crippen molar-refractivity contribution in [1.29, 1.82) is 0 Å². The summed E-state index contributed by atoms with van der Waals surface area (Å²) in [6.45, 7) is 6.78. The molecule has 13 heavy (non-hydrogen) atoms. The van der Waals surface area contributed by atoms with Gasteiger partial charge in [0.05, 0.1) is 0 Å². The quantitative estimate of drug-likeness (QED) is 0.646. The van der Waals surface area contributed by atoms with Gasteiger partial charge in [-0.05, 0) is 63.2 Å². The Kier molecular flexibility index (Phi) is 2.06. The Morgan fingerprint density at radius 3 is 2.77 bits per heavy atom. The Morgan fingerprint density at radius 1 is 1.00 bits per heavy atom. The van der Waals surface area contributed by atoms with E-state index in [1.807, 2.05) is 0 Å². The number of nitrogens with zero attached hydrogens (tertiary/aromatic N) is 1. The Hall–Kier alpha value is -0.0800. The molecule has 0 aromatic heterocycles. The summed E-state index contributed by atoms with van der Waals surface area (Å²) in [5, 5.41) is 3.51. The Labute approximate surface area is 80.7 Å². The molecule has 0 saturated carbocycles. The highest BCUT2D eigenvalue weighted by atomic mass is 15.2. The Balaban J connectivity index is 1.69. The lowest BCUT2D eigenvalue weighted by atomic mass is 9.77. The molecule has 4 atom stereocenters. The molecule has 2 bridgehead atoms. The van der Waals surface area contributed by atoms with E-state index in [0.717, 1.165) is 17.8 Å². The van der Waals surface area contributed by atoms with Gasteiger partial charge in [0.25, 0.3) is 0 Å². The van der Waals surface area contributed by atoms with E-state index in [1.165, 1.54) is 52.0 Å². The third-order valence-electron chi connectivity index (χ3n) is 4.40. The van der Waals surface area contributed by atoms with Crippen molar-refractivity contribution in [2.75, 3.05) is 32.7 Å². The summed E-state index contributed by atoms with van der Waals surface area (Å²) in [4.78, 5) is 2.66. The van der Waals surface area contributed by atoms with Gasteiger partial charge < -0.3 is 10.2 Å². The van der Waals surface area contributed by atoms with Gasteiger partial charge in [-0.1, -0.05) is 0 Å². The minimum absolute atomic E-state index is 1.02. The second kappa shape index (κ2) is 3.25. The molecule has 3 aliphatic heterocycles. The maximum absolute atomic E-state index is 3.51. The van der Waals surface area contributed by atoms with Crippen molar-refractivity contribution in [2.24, 2.45) is 17.8 Å². The number of hydrogen-bond acceptors (Lipinski definition) is 2. The van der Waals surface area contributed by atoms with Gasteiger partial charge >= 0.3 is 0 Å². The lowest BCUT2D eigenvalue weighted by Crippen LogP contribution is -2.36. The molecular formula is C11H20N2. The van der Waals surface area contributed by atoms with Gasteiger partial charge in [0.1, 0.15) is 0 Å². The molecule has 3 rings (SSSR count). The summed E-state index contributed by atoms with van der Waals surface area (Å²) in [6.07, 6.45) is 4.42. The molecule has 0 aromatic rings. The van der Waals surface area contributed by atoms with E-state index in [4.69, 9.17) is 0 Å². The van der Waals surface area contributed by atoms with Crippen molar-refractivity contribution in [3.05, 3.63) is 0 Å². The van der Waals surface area contributed by atoms with Crippen molar-refractivity contribution in [3.8, 4) is 0 Å². The van der Waals surface area contributed by atoms with Gasteiger partial charge in [0, 0.05) is 6.54 Å². The first kappa shape index (κ1) is 8.25. The van der Waals surface area contributed by atoms with Crippen LogP contribution in [0.1, 0.15) is 19.3 Å². The standard InChI is InChI=1S/C11H20N2/c1-4-12-7-9(1)11-3-6-13-5-2-10(11)8-13/h9-12H,1-8H2. The summed E-state index contributed by atoms with van der Waals surface area (Å²) < 4.78 is 0. The largest absolute Gasteiger partial charge is 0.316 e. The molecule has 3 saturated heterocycles. The zero-order valence-corrected chi connectivity index (χ0v) is 8.34. The topological polar surface area (TPSA) is 15.3 Å². The van der Waals surface area contributed by atoms with Gasteiger partial charge in [-0.3, -0.25) is 0 Å². The fraction of sp³-hybridized carbons (Fsp3) is 1.00. The Bertz CT molecular complexity index is 185. The monoisotopic (exact) mass is 180 g/mol. The third kappa shape index (κ3) is 1.40. The second-order valence-electron chi connectivity index (χ2n) is 5.05. The zero-order valence-electron chi connectivity index (χ0n) is 8.34. The van der Waals surface area contributed by atoms with Gasteiger partial charge in [-0.2, -0.15) is 0 Å². The van der Waals surface area contributed by atoms with E-state index in [9.17, 15) is 0 Å². The highest BCUT2D eigenvalue weighted by Crippen LogP contribution is 2.38. The first-order valence-corrected chi connectivity index (χ1v) is 5.86. The first-order valence-electron chi connectivity index (χ1n) is 5.86. The smallest absolute Gasteiger partial charge is 0.00129 e.